The van der Waals surface area contributed by atoms with Gasteiger partial charge in [0.05, 0.1) is 36.3 Å². The molecule has 1 atom stereocenters. The molecule has 1 amide bonds. The molecule has 2 N–H and O–H groups in total. The van der Waals surface area contributed by atoms with E-state index >= 15 is 0 Å². The summed E-state index contributed by atoms with van der Waals surface area (Å²) in [5.74, 6) is -1.27. The minimum Gasteiger partial charge on any atom is -0.481 e. The van der Waals surface area contributed by atoms with E-state index in [1.165, 1.54) is 4.90 Å². The fraction of sp³-hybridized carbons (Fsp3) is 0.533. The molecular formula is C15H17ClF3N3O4. The minimum absolute atomic E-state index is 0.00908. The predicted octanol–water partition coefficient (Wildman–Crippen LogP) is 2.26. The van der Waals surface area contributed by atoms with Gasteiger partial charge in [-0.2, -0.15) is 13.2 Å². The zero-order chi connectivity index (χ0) is 19.3. The van der Waals surface area contributed by atoms with Gasteiger partial charge in [0.1, 0.15) is 5.82 Å². The molecule has 1 fully saturated rings. The van der Waals surface area contributed by atoms with Crippen molar-refractivity contribution in [2.75, 3.05) is 31.6 Å². The van der Waals surface area contributed by atoms with Crippen LogP contribution < -0.4 is 5.32 Å². The second-order valence-corrected chi connectivity index (χ2v) is 6.05. The third kappa shape index (κ3) is 5.46. The number of carboxylic acid groups (broad SMARTS) is 1. The molecule has 0 radical (unpaired) electrons. The van der Waals surface area contributed by atoms with E-state index in [0.29, 0.717) is 12.8 Å². The van der Waals surface area contributed by atoms with Gasteiger partial charge in [0.25, 0.3) is 0 Å². The number of carboxylic acids is 1. The van der Waals surface area contributed by atoms with Crippen LogP contribution in [0.4, 0.5) is 19.0 Å². The molecule has 1 aromatic heterocycles. The van der Waals surface area contributed by atoms with Crippen molar-refractivity contribution in [3.8, 4) is 0 Å². The number of morpholine rings is 1. The highest BCUT2D eigenvalue weighted by Gasteiger charge is 2.32. The molecule has 0 saturated carbocycles. The van der Waals surface area contributed by atoms with Gasteiger partial charge in [0, 0.05) is 25.7 Å². The van der Waals surface area contributed by atoms with Crippen molar-refractivity contribution in [1.29, 1.82) is 0 Å². The van der Waals surface area contributed by atoms with Crippen LogP contribution in [0.5, 0.6) is 0 Å². The van der Waals surface area contributed by atoms with Gasteiger partial charge in [-0.1, -0.05) is 11.6 Å². The Morgan fingerprint density at radius 1 is 1.46 bits per heavy atom. The summed E-state index contributed by atoms with van der Waals surface area (Å²) in [6, 6.07) is 0.213. The van der Waals surface area contributed by atoms with E-state index in [0.717, 1.165) is 6.07 Å². The molecule has 11 heteroatoms. The molecule has 1 aliphatic rings. The van der Waals surface area contributed by atoms with Crippen molar-refractivity contribution >= 4 is 29.3 Å². The lowest BCUT2D eigenvalue weighted by Gasteiger charge is -2.35. The highest BCUT2D eigenvalue weighted by molar-refractivity contribution is 6.32. The maximum atomic E-state index is 12.6. The number of hydrogen-bond donors (Lipinski definition) is 2. The highest BCUT2D eigenvalue weighted by Crippen LogP contribution is 2.32. The number of pyridine rings is 1. The normalized spacial score (nSPS) is 17.8. The number of carbonyl (C=O) groups excluding carboxylic acids is 1. The Labute approximate surface area is 152 Å². The molecule has 2 heterocycles. The SMILES string of the molecule is O=C(O)CC1COCCN1C(=O)CCNc1ncc(C(F)(F)F)cc1Cl. The molecule has 144 valence electrons. The number of alkyl halides is 3. The molecule has 1 saturated heterocycles. The maximum absolute atomic E-state index is 12.6. The Hall–Kier alpha value is -2.07. The fourth-order valence-electron chi connectivity index (χ4n) is 2.51. The number of anilines is 1. The standard InChI is InChI=1S/C15H17ClF3N3O4/c16-11-5-9(15(17,18)19)7-21-14(11)20-2-1-12(23)22-3-4-26-8-10(22)6-13(24)25/h5,7,10H,1-4,6,8H2,(H,20,21)(H,24,25). The van der Waals surface area contributed by atoms with Gasteiger partial charge in [-0.25, -0.2) is 4.98 Å². The monoisotopic (exact) mass is 395 g/mol. The molecule has 1 aromatic rings. The van der Waals surface area contributed by atoms with E-state index < -0.39 is 23.8 Å². The highest BCUT2D eigenvalue weighted by atomic mass is 35.5. The molecule has 0 aromatic carbocycles. The lowest BCUT2D eigenvalue weighted by molar-refractivity contribution is -0.146. The molecule has 1 aliphatic heterocycles. The van der Waals surface area contributed by atoms with Crippen LogP contribution in [0.25, 0.3) is 0 Å². The fourth-order valence-corrected chi connectivity index (χ4v) is 2.74. The Morgan fingerprint density at radius 2 is 2.19 bits per heavy atom. The molecule has 0 bridgehead atoms. The summed E-state index contributed by atoms with van der Waals surface area (Å²) < 4.78 is 42.9. The molecule has 0 spiro atoms. The quantitative estimate of drug-likeness (QED) is 0.767. The van der Waals surface area contributed by atoms with Crippen LogP contribution in [-0.2, 0) is 20.5 Å². The summed E-state index contributed by atoms with van der Waals surface area (Å²) >= 11 is 5.78. The number of nitrogens with one attached hydrogen (secondary N) is 1. The van der Waals surface area contributed by atoms with E-state index in [-0.39, 0.29) is 49.3 Å². The van der Waals surface area contributed by atoms with Crippen molar-refractivity contribution in [2.24, 2.45) is 0 Å². The third-order valence-corrected chi connectivity index (χ3v) is 4.05. The largest absolute Gasteiger partial charge is 0.481 e. The first-order valence-corrected chi connectivity index (χ1v) is 8.12. The van der Waals surface area contributed by atoms with Gasteiger partial charge < -0.3 is 20.1 Å². The summed E-state index contributed by atoms with van der Waals surface area (Å²) in [7, 11) is 0. The van der Waals surface area contributed by atoms with E-state index in [1.807, 2.05) is 0 Å². The van der Waals surface area contributed by atoms with Crippen LogP contribution >= 0.6 is 11.6 Å². The van der Waals surface area contributed by atoms with Crippen molar-refractivity contribution in [1.82, 2.24) is 9.88 Å². The molecule has 7 nitrogen and oxygen atoms in total. The molecule has 2 rings (SSSR count). The van der Waals surface area contributed by atoms with Crippen LogP contribution in [0.15, 0.2) is 12.3 Å². The van der Waals surface area contributed by atoms with E-state index in [9.17, 15) is 22.8 Å². The topological polar surface area (TPSA) is 91.8 Å². The number of carbonyl (C=O) groups is 2. The van der Waals surface area contributed by atoms with E-state index in [1.54, 1.807) is 0 Å². The average molecular weight is 396 g/mol. The summed E-state index contributed by atoms with van der Waals surface area (Å²) in [5, 5.41) is 11.4. The van der Waals surface area contributed by atoms with Crippen LogP contribution in [0.1, 0.15) is 18.4 Å². The van der Waals surface area contributed by atoms with Crippen molar-refractivity contribution in [3.63, 3.8) is 0 Å². The molecule has 26 heavy (non-hydrogen) atoms. The first kappa shape index (κ1) is 20.2. The van der Waals surface area contributed by atoms with Gasteiger partial charge >= 0.3 is 12.1 Å². The number of nitrogens with zero attached hydrogens (tertiary/aromatic N) is 2. The maximum Gasteiger partial charge on any atom is 0.417 e. The minimum atomic E-state index is -4.54. The molecule has 1 unspecified atom stereocenters. The number of aliphatic carboxylic acids is 1. The van der Waals surface area contributed by atoms with Gasteiger partial charge in [0.15, 0.2) is 0 Å². The Bertz CT molecular complexity index is 672. The first-order valence-electron chi connectivity index (χ1n) is 7.74. The van der Waals surface area contributed by atoms with Gasteiger partial charge in [-0.05, 0) is 6.07 Å². The second kappa shape index (κ2) is 8.54. The number of ether oxygens (including phenoxy) is 1. The lowest BCUT2D eigenvalue weighted by Crippen LogP contribution is -2.49. The zero-order valence-corrected chi connectivity index (χ0v) is 14.3. The van der Waals surface area contributed by atoms with Crippen LogP contribution in [0.2, 0.25) is 5.02 Å². The summed E-state index contributed by atoms with van der Waals surface area (Å²) in [6.45, 7) is 0.851. The van der Waals surface area contributed by atoms with Crippen molar-refractivity contribution in [3.05, 3.63) is 22.8 Å². The number of amides is 1. The molecular weight excluding hydrogens is 379 g/mol. The van der Waals surface area contributed by atoms with Crippen LogP contribution in [0, 0.1) is 0 Å². The lowest BCUT2D eigenvalue weighted by atomic mass is 10.1. The smallest absolute Gasteiger partial charge is 0.417 e. The van der Waals surface area contributed by atoms with Crippen LogP contribution in [-0.4, -0.2) is 59.2 Å². The van der Waals surface area contributed by atoms with Crippen molar-refractivity contribution in [2.45, 2.75) is 25.1 Å². The van der Waals surface area contributed by atoms with Gasteiger partial charge in [-0.15, -0.1) is 0 Å². The third-order valence-electron chi connectivity index (χ3n) is 3.76. The summed E-state index contributed by atoms with van der Waals surface area (Å²) in [6.07, 6.45) is -4.10. The number of halogens is 4. The number of rotatable bonds is 6. The summed E-state index contributed by atoms with van der Waals surface area (Å²) in [5.41, 5.74) is -0.964. The summed E-state index contributed by atoms with van der Waals surface area (Å²) in [4.78, 5) is 28.2. The second-order valence-electron chi connectivity index (χ2n) is 5.64. The van der Waals surface area contributed by atoms with Crippen molar-refractivity contribution < 1.29 is 32.6 Å². The predicted molar refractivity (Wildman–Crippen MR) is 85.9 cm³/mol. The van der Waals surface area contributed by atoms with E-state index in [2.05, 4.69) is 10.3 Å². The molecule has 0 aliphatic carbocycles. The Morgan fingerprint density at radius 3 is 2.81 bits per heavy atom. The van der Waals surface area contributed by atoms with Gasteiger partial charge in [-0.3, -0.25) is 9.59 Å². The zero-order valence-electron chi connectivity index (χ0n) is 13.6. The first-order chi connectivity index (χ1) is 12.2. The number of hydrogen-bond acceptors (Lipinski definition) is 5. The Kier molecular flexibility index (Phi) is 6.65. The Balaban J connectivity index is 1.90. The van der Waals surface area contributed by atoms with Gasteiger partial charge in [0.2, 0.25) is 5.91 Å². The van der Waals surface area contributed by atoms with Crippen LogP contribution in [0.3, 0.4) is 0 Å². The van der Waals surface area contributed by atoms with E-state index in [4.69, 9.17) is 21.4 Å². The number of aromatic nitrogens is 1. The average Bonchev–Trinajstić information content (AvgIpc) is 2.55.